The Morgan fingerprint density at radius 1 is 1.20 bits per heavy atom. The van der Waals surface area contributed by atoms with Crippen molar-refractivity contribution in [3.8, 4) is 0 Å². The van der Waals surface area contributed by atoms with Gasteiger partial charge in [-0.15, -0.1) is 0 Å². The third-order valence-corrected chi connectivity index (χ3v) is 1.85. The standard InChI is InChI=1S/C9H7F5O/c1-4(15)7-6(10)3-2-5(8(7)11)9(12,13)14/h2-4,15H,1H3. The Morgan fingerprint density at radius 2 is 1.73 bits per heavy atom. The van der Waals surface area contributed by atoms with Gasteiger partial charge in [-0.05, 0) is 19.1 Å². The molecule has 6 heteroatoms. The Labute approximate surface area is 82.1 Å². The molecule has 15 heavy (non-hydrogen) atoms. The van der Waals surface area contributed by atoms with E-state index in [1.165, 1.54) is 0 Å². The fourth-order valence-corrected chi connectivity index (χ4v) is 1.17. The van der Waals surface area contributed by atoms with E-state index in [2.05, 4.69) is 0 Å². The Kier molecular flexibility index (Phi) is 2.99. The molecule has 1 unspecified atom stereocenters. The number of halogens is 5. The van der Waals surface area contributed by atoms with E-state index in [0.717, 1.165) is 6.92 Å². The van der Waals surface area contributed by atoms with Crippen LogP contribution in [0.2, 0.25) is 0 Å². The number of hydrogen-bond donors (Lipinski definition) is 1. The minimum absolute atomic E-state index is 0.302. The summed E-state index contributed by atoms with van der Waals surface area (Å²) in [6.07, 6.45) is -6.53. The zero-order valence-corrected chi connectivity index (χ0v) is 7.57. The monoisotopic (exact) mass is 226 g/mol. The van der Waals surface area contributed by atoms with Gasteiger partial charge in [-0.3, -0.25) is 0 Å². The van der Waals surface area contributed by atoms with Gasteiger partial charge in [-0.2, -0.15) is 13.2 Å². The molecule has 0 radical (unpaired) electrons. The van der Waals surface area contributed by atoms with Gasteiger partial charge in [0.05, 0.1) is 17.2 Å². The average molecular weight is 226 g/mol. The maximum atomic E-state index is 13.2. The van der Waals surface area contributed by atoms with Crippen LogP contribution in [0.15, 0.2) is 12.1 Å². The molecule has 0 bridgehead atoms. The highest BCUT2D eigenvalue weighted by molar-refractivity contribution is 5.30. The van der Waals surface area contributed by atoms with Crippen molar-refractivity contribution in [2.75, 3.05) is 0 Å². The lowest BCUT2D eigenvalue weighted by molar-refractivity contribution is -0.140. The zero-order chi connectivity index (χ0) is 11.8. The lowest BCUT2D eigenvalue weighted by atomic mass is 10.0. The van der Waals surface area contributed by atoms with Crippen molar-refractivity contribution in [1.82, 2.24) is 0 Å². The largest absolute Gasteiger partial charge is 0.419 e. The highest BCUT2D eigenvalue weighted by Crippen LogP contribution is 2.34. The van der Waals surface area contributed by atoms with E-state index < -0.39 is 35.0 Å². The number of aliphatic hydroxyl groups excluding tert-OH is 1. The third kappa shape index (κ3) is 2.26. The molecule has 0 aliphatic rings. The summed E-state index contributed by atoms with van der Waals surface area (Å²) in [5.41, 5.74) is -2.55. The Morgan fingerprint density at radius 3 is 2.13 bits per heavy atom. The summed E-state index contributed by atoms with van der Waals surface area (Å²) in [6.45, 7) is 0.988. The van der Waals surface area contributed by atoms with E-state index in [0.29, 0.717) is 12.1 Å². The van der Waals surface area contributed by atoms with Crippen LogP contribution in [0.25, 0.3) is 0 Å². The number of benzene rings is 1. The van der Waals surface area contributed by atoms with Gasteiger partial charge in [0.25, 0.3) is 0 Å². The van der Waals surface area contributed by atoms with Crippen LogP contribution < -0.4 is 0 Å². The smallest absolute Gasteiger partial charge is 0.388 e. The highest BCUT2D eigenvalue weighted by Gasteiger charge is 2.36. The second kappa shape index (κ2) is 3.77. The molecule has 0 aliphatic carbocycles. The minimum Gasteiger partial charge on any atom is -0.388 e. The molecule has 1 rings (SSSR count). The van der Waals surface area contributed by atoms with Crippen molar-refractivity contribution >= 4 is 0 Å². The molecule has 0 spiro atoms. The molecule has 0 heterocycles. The summed E-state index contributed by atoms with van der Waals surface area (Å²) in [7, 11) is 0. The van der Waals surface area contributed by atoms with Crippen LogP contribution in [-0.4, -0.2) is 5.11 Å². The molecule has 84 valence electrons. The molecule has 0 fully saturated rings. The van der Waals surface area contributed by atoms with Gasteiger partial charge in [-0.1, -0.05) is 0 Å². The van der Waals surface area contributed by atoms with Crippen molar-refractivity contribution in [3.05, 3.63) is 34.9 Å². The van der Waals surface area contributed by atoms with E-state index >= 15 is 0 Å². The predicted octanol–water partition coefficient (Wildman–Crippen LogP) is 3.04. The fraction of sp³-hybridized carbons (Fsp3) is 0.333. The fourth-order valence-electron chi connectivity index (χ4n) is 1.17. The summed E-state index contributed by atoms with van der Waals surface area (Å²) >= 11 is 0. The zero-order valence-electron chi connectivity index (χ0n) is 7.57. The molecule has 0 saturated heterocycles. The van der Waals surface area contributed by atoms with Gasteiger partial charge in [0, 0.05) is 0 Å². The van der Waals surface area contributed by atoms with Crippen LogP contribution in [0.3, 0.4) is 0 Å². The Hall–Kier alpha value is -1.17. The quantitative estimate of drug-likeness (QED) is 0.729. The summed E-state index contributed by atoms with van der Waals surface area (Å²) < 4.78 is 62.6. The molecular formula is C9H7F5O. The van der Waals surface area contributed by atoms with Crippen molar-refractivity contribution in [2.45, 2.75) is 19.2 Å². The maximum Gasteiger partial charge on any atom is 0.419 e. The van der Waals surface area contributed by atoms with E-state index in [1.54, 1.807) is 0 Å². The molecule has 0 aliphatic heterocycles. The van der Waals surface area contributed by atoms with E-state index in [9.17, 15) is 22.0 Å². The van der Waals surface area contributed by atoms with Crippen molar-refractivity contribution < 1.29 is 27.1 Å². The summed E-state index contributed by atoms with van der Waals surface area (Å²) in [5.74, 6) is -2.96. The first-order chi connectivity index (χ1) is 6.75. The first-order valence-electron chi connectivity index (χ1n) is 3.98. The molecule has 1 nitrogen and oxygen atoms in total. The van der Waals surface area contributed by atoms with Gasteiger partial charge in [0.15, 0.2) is 0 Å². The van der Waals surface area contributed by atoms with E-state index in [4.69, 9.17) is 5.11 Å². The lowest BCUT2D eigenvalue weighted by Gasteiger charge is -2.13. The van der Waals surface area contributed by atoms with E-state index in [-0.39, 0.29) is 0 Å². The van der Waals surface area contributed by atoms with E-state index in [1.807, 2.05) is 0 Å². The molecular weight excluding hydrogens is 219 g/mol. The van der Waals surface area contributed by atoms with Crippen LogP contribution in [0.5, 0.6) is 0 Å². The second-order valence-corrected chi connectivity index (χ2v) is 3.00. The lowest BCUT2D eigenvalue weighted by Crippen LogP contribution is -2.12. The molecule has 1 aromatic carbocycles. The molecule has 1 atom stereocenters. The van der Waals surface area contributed by atoms with Crippen LogP contribution in [0.1, 0.15) is 24.2 Å². The van der Waals surface area contributed by atoms with Crippen molar-refractivity contribution in [1.29, 1.82) is 0 Å². The van der Waals surface area contributed by atoms with Gasteiger partial charge in [0.1, 0.15) is 11.6 Å². The summed E-state index contributed by atoms with van der Waals surface area (Å²) in [6, 6.07) is 0.782. The van der Waals surface area contributed by atoms with Crippen LogP contribution in [0.4, 0.5) is 22.0 Å². The average Bonchev–Trinajstić information content (AvgIpc) is 2.00. The topological polar surface area (TPSA) is 20.2 Å². The van der Waals surface area contributed by atoms with Gasteiger partial charge < -0.3 is 5.11 Å². The third-order valence-electron chi connectivity index (χ3n) is 1.85. The van der Waals surface area contributed by atoms with Gasteiger partial charge in [-0.25, -0.2) is 8.78 Å². The van der Waals surface area contributed by atoms with Crippen molar-refractivity contribution in [2.24, 2.45) is 0 Å². The second-order valence-electron chi connectivity index (χ2n) is 3.00. The van der Waals surface area contributed by atoms with Gasteiger partial charge in [0.2, 0.25) is 0 Å². The molecule has 1 aromatic rings. The number of rotatable bonds is 1. The number of aliphatic hydroxyl groups is 1. The summed E-state index contributed by atoms with van der Waals surface area (Å²) in [5, 5.41) is 8.93. The highest BCUT2D eigenvalue weighted by atomic mass is 19.4. The first kappa shape index (κ1) is 11.9. The molecule has 0 saturated carbocycles. The SMILES string of the molecule is CC(O)c1c(F)ccc(C(F)(F)F)c1F. The normalized spacial score (nSPS) is 14.1. The summed E-state index contributed by atoms with van der Waals surface area (Å²) in [4.78, 5) is 0. The van der Waals surface area contributed by atoms with Crippen molar-refractivity contribution in [3.63, 3.8) is 0 Å². The minimum atomic E-state index is -4.90. The van der Waals surface area contributed by atoms with Crippen LogP contribution in [-0.2, 0) is 6.18 Å². The first-order valence-corrected chi connectivity index (χ1v) is 3.98. The van der Waals surface area contributed by atoms with Crippen LogP contribution >= 0.6 is 0 Å². The Bertz CT molecular complexity index is 370. The predicted molar refractivity (Wildman–Crippen MR) is 42.0 cm³/mol. The molecule has 0 amide bonds. The Balaban J connectivity index is 3.42. The molecule has 0 aromatic heterocycles. The van der Waals surface area contributed by atoms with Gasteiger partial charge >= 0.3 is 6.18 Å². The maximum absolute atomic E-state index is 13.2. The van der Waals surface area contributed by atoms with Crippen LogP contribution in [0, 0.1) is 11.6 Å². The molecule has 1 N–H and O–H groups in total. The number of hydrogen-bond acceptors (Lipinski definition) is 1. The number of alkyl halides is 3.